The quantitative estimate of drug-likeness (QED) is 0.599. The summed E-state index contributed by atoms with van der Waals surface area (Å²) in [5.74, 6) is -0.330. The summed E-state index contributed by atoms with van der Waals surface area (Å²) in [6, 6.07) is -0.161. The van der Waals surface area contributed by atoms with E-state index in [0.29, 0.717) is 12.8 Å². The lowest BCUT2D eigenvalue weighted by molar-refractivity contribution is -0.162. The van der Waals surface area contributed by atoms with E-state index >= 15 is 0 Å². The summed E-state index contributed by atoms with van der Waals surface area (Å²) >= 11 is 3.15. The molecule has 1 fully saturated rings. The molecule has 9 heteroatoms. The third-order valence-electron chi connectivity index (χ3n) is 5.03. The van der Waals surface area contributed by atoms with Crippen LogP contribution in [-0.4, -0.2) is 37.0 Å². The predicted octanol–water partition coefficient (Wildman–Crippen LogP) is 3.84. The highest BCUT2D eigenvalue weighted by molar-refractivity contribution is 7.11. The Labute approximate surface area is 184 Å². The topological polar surface area (TPSA) is 89.9 Å². The van der Waals surface area contributed by atoms with Gasteiger partial charge in [0, 0.05) is 47.4 Å². The van der Waals surface area contributed by atoms with Crippen molar-refractivity contribution in [2.45, 2.75) is 63.6 Å². The van der Waals surface area contributed by atoms with E-state index in [-0.39, 0.29) is 17.9 Å². The Morgan fingerprint density at radius 3 is 2.70 bits per heavy atom. The summed E-state index contributed by atoms with van der Waals surface area (Å²) in [7, 11) is 0. The molecule has 1 aliphatic rings. The minimum absolute atomic E-state index is 0.0598. The van der Waals surface area contributed by atoms with Crippen LogP contribution in [0, 0.1) is 6.92 Å². The fourth-order valence-corrected chi connectivity index (χ4v) is 5.27. The predicted molar refractivity (Wildman–Crippen MR) is 117 cm³/mol. The van der Waals surface area contributed by atoms with Gasteiger partial charge in [-0.1, -0.05) is 0 Å². The highest BCUT2D eigenvalue weighted by atomic mass is 32.1. The zero-order chi connectivity index (χ0) is 21.4. The molecular weight excluding hydrogens is 418 g/mol. The minimum Gasteiger partial charge on any atom is -0.459 e. The third kappa shape index (κ3) is 4.43. The zero-order valence-electron chi connectivity index (χ0n) is 17.5. The van der Waals surface area contributed by atoms with Gasteiger partial charge in [0.1, 0.15) is 16.1 Å². The maximum absolute atomic E-state index is 13.5. The highest BCUT2D eigenvalue weighted by Gasteiger charge is 2.54. The van der Waals surface area contributed by atoms with Gasteiger partial charge in [-0.2, -0.15) is 0 Å². The van der Waals surface area contributed by atoms with E-state index in [2.05, 4.69) is 25.3 Å². The van der Waals surface area contributed by atoms with Crippen LogP contribution >= 0.6 is 22.7 Å². The molecular formula is C21H25N5O2S2. The van der Waals surface area contributed by atoms with Crippen LogP contribution in [0.2, 0.25) is 0 Å². The van der Waals surface area contributed by atoms with Crippen molar-refractivity contribution < 1.29 is 9.53 Å². The van der Waals surface area contributed by atoms with Gasteiger partial charge in [0.05, 0.1) is 22.9 Å². The average Bonchev–Trinajstić information content (AvgIpc) is 3.42. The molecule has 0 saturated carbocycles. The maximum atomic E-state index is 13.5. The standard InChI is InChI=1S/C21H25N5O2S2/c1-13-9-24-18(30-13)17-15(16-10-22-5-6-23-16)8-21(26-17,7-14-11-29-12-25-14)19(27)28-20(2,3)4/h5-6,9-12,15,17,26H,7-8H2,1-4H3/t15-,17-,21+/m1/s1. The van der Waals surface area contributed by atoms with Gasteiger partial charge in [-0.25, -0.2) is 9.97 Å². The second kappa shape index (κ2) is 8.13. The first-order valence-electron chi connectivity index (χ1n) is 9.82. The third-order valence-corrected chi connectivity index (χ3v) is 6.66. The zero-order valence-corrected chi connectivity index (χ0v) is 19.1. The van der Waals surface area contributed by atoms with E-state index < -0.39 is 11.1 Å². The van der Waals surface area contributed by atoms with E-state index in [9.17, 15) is 4.79 Å². The first-order chi connectivity index (χ1) is 14.3. The molecule has 0 bridgehead atoms. The fraction of sp³-hybridized carbons (Fsp3) is 0.476. The molecule has 3 atom stereocenters. The molecule has 30 heavy (non-hydrogen) atoms. The van der Waals surface area contributed by atoms with Crippen LogP contribution in [-0.2, 0) is 16.0 Å². The second-order valence-corrected chi connectivity index (χ2v) is 10.6. The smallest absolute Gasteiger partial charge is 0.327 e. The molecule has 0 radical (unpaired) electrons. The molecule has 4 heterocycles. The molecule has 0 amide bonds. The number of nitrogens with zero attached hydrogens (tertiary/aromatic N) is 4. The number of rotatable bonds is 5. The largest absolute Gasteiger partial charge is 0.459 e. The highest BCUT2D eigenvalue weighted by Crippen LogP contribution is 2.46. The van der Waals surface area contributed by atoms with Crippen LogP contribution in [0.25, 0.3) is 0 Å². The summed E-state index contributed by atoms with van der Waals surface area (Å²) < 4.78 is 5.87. The van der Waals surface area contributed by atoms with Gasteiger partial charge in [-0.3, -0.25) is 20.1 Å². The molecule has 7 nitrogen and oxygen atoms in total. The van der Waals surface area contributed by atoms with E-state index in [4.69, 9.17) is 4.74 Å². The lowest BCUT2D eigenvalue weighted by Crippen LogP contribution is -2.52. The Bertz CT molecular complexity index is 1000. The van der Waals surface area contributed by atoms with Crippen molar-refractivity contribution in [1.29, 1.82) is 0 Å². The molecule has 0 spiro atoms. The first-order valence-corrected chi connectivity index (χ1v) is 11.6. The number of thiazole rings is 2. The van der Waals surface area contributed by atoms with Crippen molar-refractivity contribution in [2.75, 3.05) is 0 Å². The monoisotopic (exact) mass is 443 g/mol. The van der Waals surface area contributed by atoms with Crippen LogP contribution < -0.4 is 5.32 Å². The number of carbonyl (C=O) groups is 1. The normalized spacial score (nSPS) is 24.1. The molecule has 1 saturated heterocycles. The SMILES string of the molecule is Cc1cnc([C@@H]2N[C@](Cc3cscn3)(C(=O)OC(C)(C)C)C[C@@H]2c2cnccn2)s1. The van der Waals surface area contributed by atoms with Crippen molar-refractivity contribution in [1.82, 2.24) is 25.3 Å². The number of hydrogen-bond acceptors (Lipinski definition) is 9. The van der Waals surface area contributed by atoms with Gasteiger partial charge in [0.2, 0.25) is 0 Å². The Balaban J connectivity index is 1.76. The number of ether oxygens (including phenoxy) is 1. The molecule has 158 valence electrons. The van der Waals surface area contributed by atoms with E-state index in [1.165, 1.54) is 11.3 Å². The van der Waals surface area contributed by atoms with Gasteiger partial charge < -0.3 is 4.74 Å². The lowest BCUT2D eigenvalue weighted by Gasteiger charge is -2.31. The van der Waals surface area contributed by atoms with Crippen LogP contribution in [0.4, 0.5) is 0 Å². The van der Waals surface area contributed by atoms with E-state index in [1.54, 1.807) is 35.4 Å². The second-order valence-electron chi connectivity index (χ2n) is 8.61. The molecule has 3 aromatic rings. The van der Waals surface area contributed by atoms with Gasteiger partial charge in [-0.05, 0) is 34.1 Å². The molecule has 3 aromatic heterocycles. The first kappa shape index (κ1) is 21.0. The number of nitrogens with one attached hydrogen (secondary N) is 1. The Morgan fingerprint density at radius 1 is 1.27 bits per heavy atom. The van der Waals surface area contributed by atoms with Crippen molar-refractivity contribution >= 4 is 28.6 Å². The maximum Gasteiger partial charge on any atom is 0.327 e. The van der Waals surface area contributed by atoms with E-state index in [0.717, 1.165) is 21.3 Å². The molecule has 1 N–H and O–H groups in total. The number of hydrogen-bond donors (Lipinski definition) is 1. The summed E-state index contributed by atoms with van der Waals surface area (Å²) in [6.45, 7) is 7.69. The summed E-state index contributed by atoms with van der Waals surface area (Å²) in [5, 5.41) is 6.53. The van der Waals surface area contributed by atoms with Gasteiger partial charge >= 0.3 is 5.97 Å². The van der Waals surface area contributed by atoms with Crippen molar-refractivity contribution in [3.8, 4) is 0 Å². The van der Waals surface area contributed by atoms with Crippen molar-refractivity contribution in [3.05, 3.63) is 57.0 Å². The van der Waals surface area contributed by atoms with Crippen LogP contribution in [0.5, 0.6) is 0 Å². The Morgan fingerprint density at radius 2 is 2.10 bits per heavy atom. The van der Waals surface area contributed by atoms with Crippen LogP contribution in [0.1, 0.15) is 60.4 Å². The molecule has 0 unspecified atom stereocenters. The minimum atomic E-state index is -0.923. The Kier molecular flexibility index (Phi) is 5.69. The summed E-state index contributed by atoms with van der Waals surface area (Å²) in [4.78, 5) is 32.5. The number of aromatic nitrogens is 4. The van der Waals surface area contributed by atoms with Crippen molar-refractivity contribution in [2.24, 2.45) is 0 Å². The van der Waals surface area contributed by atoms with E-state index in [1.807, 2.05) is 39.3 Å². The average molecular weight is 444 g/mol. The summed E-state index contributed by atoms with van der Waals surface area (Å²) in [6.07, 6.45) is 7.96. The van der Waals surface area contributed by atoms with Crippen LogP contribution in [0.3, 0.4) is 0 Å². The number of aryl methyl sites for hydroxylation is 1. The molecule has 4 rings (SSSR count). The molecule has 0 aromatic carbocycles. The molecule has 0 aliphatic carbocycles. The fourth-order valence-electron chi connectivity index (χ4n) is 3.83. The van der Waals surface area contributed by atoms with Gasteiger partial charge in [0.25, 0.3) is 0 Å². The number of esters is 1. The van der Waals surface area contributed by atoms with Gasteiger partial charge in [-0.15, -0.1) is 22.7 Å². The Hall–Kier alpha value is -2.23. The van der Waals surface area contributed by atoms with Gasteiger partial charge in [0.15, 0.2) is 0 Å². The molecule has 1 aliphatic heterocycles. The van der Waals surface area contributed by atoms with Crippen molar-refractivity contribution in [3.63, 3.8) is 0 Å². The number of carbonyl (C=O) groups excluding carboxylic acids is 1. The van der Waals surface area contributed by atoms with Crippen LogP contribution in [0.15, 0.2) is 35.7 Å². The lowest BCUT2D eigenvalue weighted by atomic mass is 9.86. The summed E-state index contributed by atoms with van der Waals surface area (Å²) in [5.41, 5.74) is 1.98.